The van der Waals surface area contributed by atoms with E-state index in [0.717, 1.165) is 106 Å². The molecular formula is C77H60N6O. The van der Waals surface area contributed by atoms with E-state index < -0.39 is 5.41 Å². The molecule has 14 rings (SSSR count). The van der Waals surface area contributed by atoms with Gasteiger partial charge in [-0.2, -0.15) is 5.26 Å². The van der Waals surface area contributed by atoms with Crippen LogP contribution in [0.25, 0.3) is 65.8 Å². The van der Waals surface area contributed by atoms with Crippen molar-refractivity contribution >= 4 is 50.2 Å². The molecule has 0 N–H and O–H groups in total. The van der Waals surface area contributed by atoms with Crippen molar-refractivity contribution in [2.45, 2.75) is 57.8 Å². The number of anilines is 4. The lowest BCUT2D eigenvalue weighted by Crippen LogP contribution is -2.29. The molecule has 0 amide bonds. The Labute approximate surface area is 491 Å². The second kappa shape index (κ2) is 19.9. The molecule has 0 spiro atoms. The number of nitrogens with zero attached hydrogens (tertiary/aromatic N) is 6. The van der Waals surface area contributed by atoms with Crippen molar-refractivity contribution in [3.8, 4) is 56.8 Å². The second-order valence-corrected chi connectivity index (χ2v) is 24.2. The number of hydrogen-bond acceptors (Lipinski definition) is 5. The molecule has 0 fully saturated rings. The maximum atomic E-state index is 10.4. The highest BCUT2D eigenvalue weighted by Crippen LogP contribution is 2.59. The van der Waals surface area contributed by atoms with Crippen LogP contribution in [0, 0.1) is 17.9 Å². The summed E-state index contributed by atoms with van der Waals surface area (Å²) in [5.41, 5.74) is 19.1. The van der Waals surface area contributed by atoms with Crippen LogP contribution in [0.3, 0.4) is 0 Å². The molecule has 10 aromatic carbocycles. The summed E-state index contributed by atoms with van der Waals surface area (Å²) in [6.07, 6.45) is 1.92. The van der Waals surface area contributed by atoms with Gasteiger partial charge in [-0.1, -0.05) is 181 Å². The first-order valence-electron chi connectivity index (χ1n) is 28.7. The van der Waals surface area contributed by atoms with Crippen molar-refractivity contribution in [1.29, 1.82) is 5.26 Å². The Morgan fingerprint density at radius 2 is 1.12 bits per heavy atom. The van der Waals surface area contributed by atoms with Gasteiger partial charge in [-0.25, -0.2) is 9.83 Å². The van der Waals surface area contributed by atoms with Crippen LogP contribution in [0.4, 0.5) is 28.4 Å². The van der Waals surface area contributed by atoms with Gasteiger partial charge in [0.2, 0.25) is 0 Å². The van der Waals surface area contributed by atoms with Crippen LogP contribution >= 0.6 is 0 Å². The van der Waals surface area contributed by atoms with Crippen molar-refractivity contribution in [1.82, 2.24) is 9.55 Å². The van der Waals surface area contributed by atoms with Crippen molar-refractivity contribution < 1.29 is 4.74 Å². The van der Waals surface area contributed by atoms with Crippen molar-refractivity contribution in [3.05, 3.63) is 293 Å². The number of benzene rings is 10. The first-order valence-corrected chi connectivity index (χ1v) is 28.7. The van der Waals surface area contributed by atoms with E-state index in [0.29, 0.717) is 29.4 Å². The molecular weight excluding hydrogens is 1020 g/mol. The molecule has 0 bridgehead atoms. The van der Waals surface area contributed by atoms with E-state index in [1.165, 1.54) is 11.1 Å². The zero-order valence-electron chi connectivity index (χ0n) is 47.9. The van der Waals surface area contributed by atoms with Gasteiger partial charge in [0.15, 0.2) is 5.69 Å². The van der Waals surface area contributed by atoms with Crippen LogP contribution in [0.5, 0.6) is 11.5 Å². The van der Waals surface area contributed by atoms with Crippen LogP contribution in [-0.4, -0.2) is 16.2 Å². The lowest BCUT2D eigenvalue weighted by Gasteiger charge is -2.35. The Kier molecular flexibility index (Phi) is 12.2. The molecule has 1 atom stereocenters. The quantitative estimate of drug-likeness (QED) is 0.135. The molecule has 1 aliphatic carbocycles. The highest BCUT2D eigenvalue weighted by atomic mass is 16.5. The van der Waals surface area contributed by atoms with Gasteiger partial charge in [-0.3, -0.25) is 4.57 Å². The van der Waals surface area contributed by atoms with E-state index in [4.69, 9.17) is 16.3 Å². The molecule has 1 unspecified atom stereocenters. The Balaban J connectivity index is 1.02. The molecule has 1 aliphatic heterocycles. The van der Waals surface area contributed by atoms with Gasteiger partial charge in [-0.05, 0) is 151 Å². The lowest BCUT2D eigenvalue weighted by atomic mass is 9.67. The van der Waals surface area contributed by atoms with E-state index in [1.54, 1.807) is 0 Å². The first-order chi connectivity index (χ1) is 40.8. The van der Waals surface area contributed by atoms with Gasteiger partial charge in [0.1, 0.15) is 24.0 Å². The summed E-state index contributed by atoms with van der Waals surface area (Å²) in [6.45, 7) is 22.2. The number of rotatable bonds is 9. The Morgan fingerprint density at radius 3 is 1.79 bits per heavy atom. The number of fused-ring (bicyclic) bond motifs is 7. The molecule has 84 heavy (non-hydrogen) atoms. The highest BCUT2D eigenvalue weighted by Gasteiger charge is 2.47. The predicted molar refractivity (Wildman–Crippen MR) is 344 cm³/mol. The Morgan fingerprint density at radius 1 is 0.512 bits per heavy atom. The third-order valence-corrected chi connectivity index (χ3v) is 17.1. The van der Waals surface area contributed by atoms with Gasteiger partial charge in [0, 0.05) is 45.9 Å². The molecule has 2 aromatic heterocycles. The summed E-state index contributed by atoms with van der Waals surface area (Å²) < 4.78 is 9.68. The zero-order chi connectivity index (χ0) is 57.5. The predicted octanol–water partition coefficient (Wildman–Crippen LogP) is 19.9. The molecule has 0 saturated carbocycles. The van der Waals surface area contributed by atoms with E-state index in [9.17, 15) is 5.26 Å². The van der Waals surface area contributed by atoms with E-state index in [1.807, 2.05) is 30.5 Å². The highest BCUT2D eigenvalue weighted by molar-refractivity contribution is 6.09. The standard InChI is InChI=1S/C77H60N6O/c1-75(2,3)54-37-38-80-73(44-54)83-69-28-18-17-27-61(69)62-34-33-59(47-72(62)83)84-60-41-56(77(53-25-15-10-16-26-53)67-35-31-50(48-78)39-65(67)66-45-57(79-7)32-36-68(66)77)40-58(46-60)81-49-82(71-30-20-19-29-70(71)81)74-63(51-21-11-8-12-22-51)42-55(76(4,5)6)43-64(74)52-23-13-9-14-24-52/h8-47H,49H2,1-6H3. The topological polar surface area (TPSA) is 61.7 Å². The van der Waals surface area contributed by atoms with Gasteiger partial charge in [-0.15, -0.1) is 0 Å². The fraction of sp³-hybridized carbons (Fsp3) is 0.130. The van der Waals surface area contributed by atoms with Crippen LogP contribution in [-0.2, 0) is 16.2 Å². The van der Waals surface area contributed by atoms with E-state index >= 15 is 0 Å². The smallest absolute Gasteiger partial charge is 0.187 e. The van der Waals surface area contributed by atoms with E-state index in [2.05, 4.69) is 279 Å². The average Bonchev–Trinajstić information content (AvgIpc) is 2.26. The van der Waals surface area contributed by atoms with Gasteiger partial charge >= 0.3 is 0 Å². The minimum atomic E-state index is -0.919. The fourth-order valence-corrected chi connectivity index (χ4v) is 13.0. The van der Waals surface area contributed by atoms with Crippen molar-refractivity contribution in [2.75, 3.05) is 16.5 Å². The molecule has 7 nitrogen and oxygen atoms in total. The number of aromatic nitrogens is 2. The Bertz CT molecular complexity index is 4540. The number of pyridine rings is 1. The van der Waals surface area contributed by atoms with Crippen LogP contribution in [0.15, 0.2) is 243 Å². The third kappa shape index (κ3) is 8.51. The second-order valence-electron chi connectivity index (χ2n) is 24.2. The number of para-hydroxylation sites is 3. The SMILES string of the molecule is [C-]#[N+]c1ccc2c(c1)-c1cc(C#N)ccc1C2(c1ccccc1)c1cc(Oc2ccc3c4ccccc4n(-c4cc(C(C)(C)C)ccn4)c3c2)cc(N2CN(c3c(-c4ccccc4)cc(C(C)(C)C)cc3-c3ccccc3)c3ccccc32)c1. The summed E-state index contributed by atoms with van der Waals surface area (Å²) in [6, 6.07) is 86.3. The zero-order valence-corrected chi connectivity index (χ0v) is 47.9. The average molecular weight is 1090 g/mol. The Hall–Kier alpha value is -10.5. The molecule has 404 valence electrons. The maximum absolute atomic E-state index is 10.4. The van der Waals surface area contributed by atoms with Crippen LogP contribution in [0.2, 0.25) is 0 Å². The maximum Gasteiger partial charge on any atom is 0.187 e. The van der Waals surface area contributed by atoms with Crippen molar-refractivity contribution in [3.63, 3.8) is 0 Å². The molecule has 0 saturated heterocycles. The summed E-state index contributed by atoms with van der Waals surface area (Å²) in [5, 5.41) is 12.6. The normalized spacial score (nSPS) is 14.5. The number of ether oxygens (including phenoxy) is 1. The largest absolute Gasteiger partial charge is 0.457 e. The molecule has 2 aliphatic rings. The minimum absolute atomic E-state index is 0.0830. The first kappa shape index (κ1) is 51.7. The van der Waals surface area contributed by atoms with Crippen LogP contribution < -0.4 is 14.5 Å². The molecule has 3 heterocycles. The van der Waals surface area contributed by atoms with Crippen molar-refractivity contribution in [2.24, 2.45) is 0 Å². The molecule has 7 heteroatoms. The number of hydrogen-bond donors (Lipinski definition) is 0. The third-order valence-electron chi connectivity index (χ3n) is 17.1. The monoisotopic (exact) mass is 1080 g/mol. The van der Waals surface area contributed by atoms with Gasteiger partial charge in [0.05, 0.1) is 51.7 Å². The molecule has 12 aromatic rings. The number of nitriles is 1. The fourth-order valence-electron chi connectivity index (χ4n) is 13.0. The van der Waals surface area contributed by atoms with Gasteiger partial charge in [0.25, 0.3) is 0 Å². The lowest BCUT2D eigenvalue weighted by molar-refractivity contribution is 0.482. The van der Waals surface area contributed by atoms with Crippen LogP contribution in [0.1, 0.15) is 80.5 Å². The minimum Gasteiger partial charge on any atom is -0.457 e. The molecule has 0 radical (unpaired) electrons. The summed E-state index contributed by atoms with van der Waals surface area (Å²) in [7, 11) is 0. The summed E-state index contributed by atoms with van der Waals surface area (Å²) >= 11 is 0. The van der Waals surface area contributed by atoms with Gasteiger partial charge < -0.3 is 14.5 Å². The summed E-state index contributed by atoms with van der Waals surface area (Å²) in [5.74, 6) is 2.16. The summed E-state index contributed by atoms with van der Waals surface area (Å²) in [4.78, 5) is 13.9. The van der Waals surface area contributed by atoms with E-state index in [-0.39, 0.29) is 10.8 Å².